The fourth-order valence-corrected chi connectivity index (χ4v) is 6.92. The van der Waals surface area contributed by atoms with Gasteiger partial charge in [0.2, 0.25) is 0 Å². The molecule has 6 atom stereocenters. The molecule has 3 fully saturated rings. The summed E-state index contributed by atoms with van der Waals surface area (Å²) in [4.78, 5) is 35.6. The Hall–Kier alpha value is -1.45. The fourth-order valence-electron chi connectivity index (χ4n) is 6.92. The summed E-state index contributed by atoms with van der Waals surface area (Å²) >= 11 is 0. The molecule has 0 aromatic heterocycles. The maximum Gasteiger partial charge on any atom is 1.00 e. The average molecular weight is 480 g/mol. The molecule has 8 nitrogen and oxygen atoms in total. The van der Waals surface area contributed by atoms with Crippen molar-refractivity contribution in [3.8, 4) is 5.75 Å². The van der Waals surface area contributed by atoms with E-state index in [1.54, 1.807) is 6.07 Å². The number of carboxylic acids is 1. The largest absolute Gasteiger partial charge is 1.00 e. The van der Waals surface area contributed by atoms with E-state index in [4.69, 9.17) is 14.2 Å². The zero-order valence-electron chi connectivity index (χ0n) is 19.7. The van der Waals surface area contributed by atoms with Crippen molar-refractivity contribution in [2.75, 3.05) is 6.79 Å². The second-order valence-electron chi connectivity index (χ2n) is 10.3. The average Bonchev–Trinajstić information content (AvgIpc) is 3.26. The van der Waals surface area contributed by atoms with E-state index >= 15 is 0 Å². The SMILES string of the molecule is C[C@]12CCC3c4ccc(OC(=O)CC5(CC(=O)[O-])OCOC5=O)cc4CCC3C1CC[C@@H]2O.[Na+]. The standard InChI is InChI=1S/C25H30O8.Na/c1-24-9-8-17-16-5-3-15(10-14(16)2-4-18(17)19(24)6-7-20(24)26)33-22(29)12-25(11-21(27)28)23(30)31-13-32-25;/h3,5,10,17-20,26H,2,4,6-9,11-13H2,1H3,(H,27,28);/q;+1/p-1/t17?,18?,19?,20-,24-,25?;/m0./s1. The number of esters is 2. The van der Waals surface area contributed by atoms with Crippen LogP contribution in [-0.4, -0.2) is 41.5 Å². The van der Waals surface area contributed by atoms with Gasteiger partial charge in [0.15, 0.2) is 12.4 Å². The van der Waals surface area contributed by atoms with Crippen LogP contribution in [0.1, 0.15) is 68.9 Å². The normalized spacial score (nSPS) is 35.9. The van der Waals surface area contributed by atoms with Crippen LogP contribution in [0.15, 0.2) is 18.2 Å². The summed E-state index contributed by atoms with van der Waals surface area (Å²) in [7, 11) is 0. The Balaban J connectivity index is 0.00000274. The summed E-state index contributed by atoms with van der Waals surface area (Å²) in [6.07, 6.45) is 4.44. The summed E-state index contributed by atoms with van der Waals surface area (Å²) in [5.74, 6) is -1.25. The Morgan fingerprint density at radius 3 is 2.71 bits per heavy atom. The van der Waals surface area contributed by atoms with Gasteiger partial charge >= 0.3 is 41.5 Å². The summed E-state index contributed by atoms with van der Waals surface area (Å²) < 4.78 is 15.3. The smallest absolute Gasteiger partial charge is 0.550 e. The monoisotopic (exact) mass is 480 g/mol. The first-order valence-electron chi connectivity index (χ1n) is 11.7. The van der Waals surface area contributed by atoms with Gasteiger partial charge in [0.1, 0.15) is 5.75 Å². The molecule has 1 aliphatic heterocycles. The molecule has 3 aliphatic carbocycles. The van der Waals surface area contributed by atoms with Crippen molar-refractivity contribution in [3.05, 3.63) is 29.3 Å². The summed E-state index contributed by atoms with van der Waals surface area (Å²) in [6, 6.07) is 5.66. The third kappa shape index (κ3) is 4.32. The predicted octanol–water partition coefficient (Wildman–Crippen LogP) is -1.39. The minimum atomic E-state index is -1.90. The third-order valence-corrected chi connectivity index (χ3v) is 8.64. The van der Waals surface area contributed by atoms with E-state index in [0.29, 0.717) is 23.5 Å². The van der Waals surface area contributed by atoms with Crippen LogP contribution in [0.4, 0.5) is 0 Å². The number of carbonyl (C=O) groups is 3. The van der Waals surface area contributed by atoms with Crippen LogP contribution in [0.2, 0.25) is 0 Å². The number of aryl methyl sites for hydroxylation is 1. The summed E-state index contributed by atoms with van der Waals surface area (Å²) in [6.45, 7) is 1.85. The number of ether oxygens (including phenoxy) is 3. The molecule has 0 spiro atoms. The summed E-state index contributed by atoms with van der Waals surface area (Å²) in [5.41, 5.74) is 0.576. The van der Waals surface area contributed by atoms with Gasteiger partial charge in [0, 0.05) is 12.4 Å². The Morgan fingerprint density at radius 1 is 1.21 bits per heavy atom. The van der Waals surface area contributed by atoms with E-state index in [-0.39, 0.29) is 41.1 Å². The minimum Gasteiger partial charge on any atom is -0.550 e. The van der Waals surface area contributed by atoms with E-state index in [2.05, 4.69) is 6.92 Å². The van der Waals surface area contributed by atoms with Gasteiger partial charge in [0.25, 0.3) is 0 Å². The van der Waals surface area contributed by atoms with Crippen LogP contribution in [0.3, 0.4) is 0 Å². The maximum absolute atomic E-state index is 12.5. The first kappa shape index (κ1) is 25.6. The number of aliphatic hydroxyl groups is 1. The van der Waals surface area contributed by atoms with Gasteiger partial charge in [0.05, 0.1) is 12.5 Å². The fraction of sp³-hybridized carbons (Fsp3) is 0.640. The van der Waals surface area contributed by atoms with E-state index in [9.17, 15) is 24.6 Å². The van der Waals surface area contributed by atoms with Crippen molar-refractivity contribution in [1.82, 2.24) is 0 Å². The number of hydrogen-bond acceptors (Lipinski definition) is 8. The van der Waals surface area contributed by atoms with Crippen molar-refractivity contribution < 1.29 is 68.4 Å². The van der Waals surface area contributed by atoms with E-state index in [1.807, 2.05) is 12.1 Å². The van der Waals surface area contributed by atoms with E-state index in [0.717, 1.165) is 44.1 Å². The quantitative estimate of drug-likeness (QED) is 0.311. The van der Waals surface area contributed by atoms with E-state index < -0.39 is 43.1 Å². The van der Waals surface area contributed by atoms with Crippen LogP contribution >= 0.6 is 0 Å². The van der Waals surface area contributed by atoms with Crippen LogP contribution in [0.5, 0.6) is 5.75 Å². The topological polar surface area (TPSA) is 122 Å². The van der Waals surface area contributed by atoms with Crippen molar-refractivity contribution in [2.45, 2.75) is 75.9 Å². The number of carboxylic acid groups (broad SMARTS) is 1. The van der Waals surface area contributed by atoms with E-state index in [1.165, 1.54) is 5.56 Å². The Labute approximate surface area is 220 Å². The number of rotatable bonds is 5. The Bertz CT molecular complexity index is 995. The molecule has 0 radical (unpaired) electrons. The third-order valence-electron chi connectivity index (χ3n) is 8.64. The second kappa shape index (κ2) is 9.54. The van der Waals surface area contributed by atoms with Crippen molar-refractivity contribution in [2.24, 2.45) is 17.3 Å². The van der Waals surface area contributed by atoms with Crippen molar-refractivity contribution in [3.63, 3.8) is 0 Å². The molecule has 4 unspecified atom stereocenters. The number of aliphatic carboxylic acids is 1. The molecule has 9 heteroatoms. The molecule has 1 heterocycles. The molecule has 2 saturated carbocycles. The zero-order valence-corrected chi connectivity index (χ0v) is 21.7. The number of aliphatic hydroxyl groups excluding tert-OH is 1. The van der Waals surface area contributed by atoms with Crippen LogP contribution in [0, 0.1) is 17.3 Å². The van der Waals surface area contributed by atoms with Gasteiger partial charge in [-0.1, -0.05) is 13.0 Å². The molecular formula is C25H29NaO8. The molecular weight excluding hydrogens is 451 g/mol. The molecule has 1 N–H and O–H groups in total. The Kier molecular flexibility index (Phi) is 7.20. The second-order valence-corrected chi connectivity index (χ2v) is 10.3. The number of cyclic esters (lactones) is 1. The first-order valence-corrected chi connectivity index (χ1v) is 11.7. The summed E-state index contributed by atoms with van der Waals surface area (Å²) in [5, 5.41) is 21.6. The zero-order chi connectivity index (χ0) is 23.4. The van der Waals surface area contributed by atoms with Gasteiger partial charge in [-0.05, 0) is 85.0 Å². The van der Waals surface area contributed by atoms with Gasteiger partial charge in [-0.15, -0.1) is 0 Å². The Morgan fingerprint density at radius 2 is 2.00 bits per heavy atom. The maximum atomic E-state index is 12.5. The molecule has 5 rings (SSSR count). The van der Waals surface area contributed by atoms with Crippen molar-refractivity contribution in [1.29, 1.82) is 0 Å². The molecule has 0 bridgehead atoms. The minimum absolute atomic E-state index is 0. The number of fused-ring (bicyclic) bond motifs is 5. The molecule has 178 valence electrons. The van der Waals surface area contributed by atoms with Crippen LogP contribution in [0.25, 0.3) is 0 Å². The molecule has 1 saturated heterocycles. The predicted molar refractivity (Wildman–Crippen MR) is 112 cm³/mol. The van der Waals surface area contributed by atoms with Crippen LogP contribution in [-0.2, 0) is 30.3 Å². The first-order chi connectivity index (χ1) is 15.7. The molecule has 1 aromatic rings. The molecule has 1 aromatic carbocycles. The van der Waals surface area contributed by atoms with Crippen LogP contribution < -0.4 is 39.4 Å². The molecule has 34 heavy (non-hydrogen) atoms. The van der Waals surface area contributed by atoms with Gasteiger partial charge < -0.3 is 29.2 Å². The van der Waals surface area contributed by atoms with Gasteiger partial charge in [-0.3, -0.25) is 4.79 Å². The van der Waals surface area contributed by atoms with Gasteiger partial charge in [-0.2, -0.15) is 0 Å². The molecule has 4 aliphatic rings. The number of hydrogen-bond donors (Lipinski definition) is 1. The number of benzene rings is 1. The molecule has 0 amide bonds. The number of carbonyl (C=O) groups excluding carboxylic acids is 3. The van der Waals surface area contributed by atoms with Gasteiger partial charge in [-0.25, -0.2) is 4.79 Å². The van der Waals surface area contributed by atoms with Crippen molar-refractivity contribution >= 4 is 17.9 Å².